The third kappa shape index (κ3) is 4.35. The van der Waals surface area contributed by atoms with E-state index in [4.69, 9.17) is 22.7 Å². The Labute approximate surface area is 124 Å². The molecule has 0 radical (unpaired) electrons. The van der Waals surface area contributed by atoms with Gasteiger partial charge in [0.25, 0.3) is 0 Å². The van der Waals surface area contributed by atoms with Crippen molar-refractivity contribution >= 4 is 17.2 Å². The molecule has 2 aromatic rings. The monoisotopic (exact) mass is 313 g/mol. The highest BCUT2D eigenvalue weighted by Gasteiger charge is 2.32. The molecule has 7 heteroatoms. The summed E-state index contributed by atoms with van der Waals surface area (Å²) in [6, 6.07) is 11.9. The average Bonchev–Trinajstić information content (AvgIpc) is 2.40. The summed E-state index contributed by atoms with van der Waals surface area (Å²) >= 11 is 4.81. The van der Waals surface area contributed by atoms with Gasteiger partial charge in [-0.25, -0.2) is 0 Å². The van der Waals surface area contributed by atoms with Crippen molar-refractivity contribution in [1.82, 2.24) is 0 Å². The molecule has 2 rings (SSSR count). The fraction of sp³-hybridized carbons (Fsp3) is 0.0714. The number of para-hydroxylation sites is 2. The van der Waals surface area contributed by atoms with Crippen molar-refractivity contribution in [1.29, 1.82) is 0 Å². The molecule has 110 valence electrons. The molecule has 3 nitrogen and oxygen atoms in total. The number of halogens is 3. The summed E-state index contributed by atoms with van der Waals surface area (Å²) in [5, 5.41) is 0. The third-order valence-electron chi connectivity index (χ3n) is 2.44. The molecule has 0 unspecified atom stereocenters. The van der Waals surface area contributed by atoms with Crippen LogP contribution in [0.2, 0.25) is 0 Å². The summed E-state index contributed by atoms with van der Waals surface area (Å²) < 4.78 is 46.2. The number of rotatable bonds is 4. The van der Waals surface area contributed by atoms with Gasteiger partial charge in [-0.3, -0.25) is 0 Å². The van der Waals surface area contributed by atoms with E-state index in [0.717, 1.165) is 0 Å². The van der Waals surface area contributed by atoms with Crippen LogP contribution in [-0.2, 0) is 0 Å². The van der Waals surface area contributed by atoms with E-state index in [2.05, 4.69) is 4.74 Å². The Kier molecular flexibility index (Phi) is 4.32. The van der Waals surface area contributed by atoms with Crippen molar-refractivity contribution in [3.63, 3.8) is 0 Å². The number of thiocarbonyl (C=S) groups is 1. The van der Waals surface area contributed by atoms with Crippen molar-refractivity contribution < 1.29 is 22.6 Å². The van der Waals surface area contributed by atoms with Crippen LogP contribution in [0.5, 0.6) is 17.2 Å². The summed E-state index contributed by atoms with van der Waals surface area (Å²) in [7, 11) is 0. The zero-order valence-electron chi connectivity index (χ0n) is 10.6. The highest BCUT2D eigenvalue weighted by molar-refractivity contribution is 7.80. The van der Waals surface area contributed by atoms with Crippen LogP contribution in [0.25, 0.3) is 0 Å². The number of alkyl halides is 3. The molecule has 0 aliphatic heterocycles. The van der Waals surface area contributed by atoms with E-state index >= 15 is 0 Å². The normalized spacial score (nSPS) is 11.0. The second kappa shape index (κ2) is 6.01. The fourth-order valence-electron chi connectivity index (χ4n) is 1.56. The van der Waals surface area contributed by atoms with Gasteiger partial charge in [-0.2, -0.15) is 0 Å². The molecule has 0 atom stereocenters. The summed E-state index contributed by atoms with van der Waals surface area (Å²) in [4.78, 5) is 0.224. The number of benzene rings is 2. The standard InChI is InChI=1S/C14H10F3NO2S/c15-14(16,17)20-12-4-2-1-3-11(12)19-10-7-5-9(6-8-10)13(18)21/h1-8H,(H2,18,21). The summed E-state index contributed by atoms with van der Waals surface area (Å²) in [5.74, 6) is -0.116. The molecule has 0 fully saturated rings. The van der Waals surface area contributed by atoms with E-state index < -0.39 is 12.1 Å². The SMILES string of the molecule is NC(=S)c1ccc(Oc2ccccc2OC(F)(F)F)cc1. The summed E-state index contributed by atoms with van der Waals surface area (Å²) in [6.45, 7) is 0. The van der Waals surface area contributed by atoms with E-state index in [1.165, 1.54) is 18.2 Å². The third-order valence-corrected chi connectivity index (χ3v) is 2.68. The Bertz CT molecular complexity index is 641. The predicted molar refractivity (Wildman–Crippen MR) is 75.5 cm³/mol. The van der Waals surface area contributed by atoms with Gasteiger partial charge >= 0.3 is 6.36 Å². The van der Waals surface area contributed by atoms with Gasteiger partial charge in [-0.1, -0.05) is 24.4 Å². The second-order valence-corrected chi connectivity index (χ2v) is 4.43. The molecule has 0 aliphatic carbocycles. The Balaban J connectivity index is 2.21. The van der Waals surface area contributed by atoms with Crippen LogP contribution in [0, 0.1) is 0 Å². The first-order chi connectivity index (χ1) is 9.85. The van der Waals surface area contributed by atoms with Crippen LogP contribution in [0.3, 0.4) is 0 Å². The summed E-state index contributed by atoms with van der Waals surface area (Å²) in [5.41, 5.74) is 6.09. The molecule has 0 amide bonds. The maximum absolute atomic E-state index is 12.3. The zero-order valence-corrected chi connectivity index (χ0v) is 11.4. The predicted octanol–water partition coefficient (Wildman–Crippen LogP) is 4.01. The Morgan fingerprint density at radius 1 is 0.952 bits per heavy atom. The molecule has 2 aromatic carbocycles. The van der Waals surface area contributed by atoms with Crippen molar-refractivity contribution in [3.8, 4) is 17.2 Å². The molecule has 0 saturated carbocycles. The van der Waals surface area contributed by atoms with Crippen molar-refractivity contribution in [2.24, 2.45) is 5.73 Å². The lowest BCUT2D eigenvalue weighted by Crippen LogP contribution is -2.17. The van der Waals surface area contributed by atoms with Gasteiger partial charge in [0, 0.05) is 5.56 Å². The topological polar surface area (TPSA) is 44.5 Å². The maximum atomic E-state index is 12.3. The molecule has 21 heavy (non-hydrogen) atoms. The fourth-order valence-corrected chi connectivity index (χ4v) is 1.69. The lowest BCUT2D eigenvalue weighted by molar-refractivity contribution is -0.275. The molecular formula is C14H10F3NO2S. The molecule has 0 spiro atoms. The molecule has 0 aromatic heterocycles. The van der Waals surface area contributed by atoms with Crippen LogP contribution in [-0.4, -0.2) is 11.4 Å². The summed E-state index contributed by atoms with van der Waals surface area (Å²) in [6.07, 6.45) is -4.78. The van der Waals surface area contributed by atoms with Gasteiger partial charge in [0.1, 0.15) is 10.7 Å². The van der Waals surface area contributed by atoms with Crippen molar-refractivity contribution in [3.05, 3.63) is 54.1 Å². The van der Waals surface area contributed by atoms with Crippen LogP contribution in [0.15, 0.2) is 48.5 Å². The van der Waals surface area contributed by atoms with Gasteiger partial charge in [0.15, 0.2) is 11.5 Å². The van der Waals surface area contributed by atoms with E-state index in [0.29, 0.717) is 11.3 Å². The van der Waals surface area contributed by atoms with Gasteiger partial charge in [-0.15, -0.1) is 13.2 Å². The molecule has 0 saturated heterocycles. The molecule has 0 bridgehead atoms. The molecular weight excluding hydrogens is 303 g/mol. The average molecular weight is 313 g/mol. The smallest absolute Gasteiger partial charge is 0.453 e. The van der Waals surface area contributed by atoms with Crippen molar-refractivity contribution in [2.45, 2.75) is 6.36 Å². The Morgan fingerprint density at radius 3 is 2.05 bits per heavy atom. The van der Waals surface area contributed by atoms with Gasteiger partial charge in [0.2, 0.25) is 0 Å². The van der Waals surface area contributed by atoms with Crippen LogP contribution < -0.4 is 15.2 Å². The number of hydrogen-bond acceptors (Lipinski definition) is 3. The van der Waals surface area contributed by atoms with Gasteiger partial charge < -0.3 is 15.2 Å². The second-order valence-electron chi connectivity index (χ2n) is 3.99. The Morgan fingerprint density at radius 2 is 1.52 bits per heavy atom. The van der Waals surface area contributed by atoms with Gasteiger partial charge in [0.05, 0.1) is 0 Å². The van der Waals surface area contributed by atoms with E-state index in [1.807, 2.05) is 0 Å². The molecule has 0 heterocycles. The number of hydrogen-bond donors (Lipinski definition) is 1. The van der Waals surface area contributed by atoms with Gasteiger partial charge in [-0.05, 0) is 36.4 Å². The minimum atomic E-state index is -4.78. The zero-order chi connectivity index (χ0) is 15.5. The maximum Gasteiger partial charge on any atom is 0.573 e. The lowest BCUT2D eigenvalue weighted by atomic mass is 10.2. The van der Waals surface area contributed by atoms with E-state index in [9.17, 15) is 13.2 Å². The number of nitrogens with two attached hydrogens (primary N) is 1. The molecule has 0 aliphatic rings. The van der Waals surface area contributed by atoms with Crippen LogP contribution in [0.4, 0.5) is 13.2 Å². The van der Waals surface area contributed by atoms with E-state index in [-0.39, 0.29) is 10.7 Å². The van der Waals surface area contributed by atoms with Crippen LogP contribution in [0.1, 0.15) is 5.56 Å². The quantitative estimate of drug-likeness (QED) is 0.866. The van der Waals surface area contributed by atoms with Crippen molar-refractivity contribution in [2.75, 3.05) is 0 Å². The number of ether oxygens (including phenoxy) is 2. The first kappa shape index (κ1) is 15.1. The lowest BCUT2D eigenvalue weighted by Gasteiger charge is -2.13. The van der Waals surface area contributed by atoms with E-state index in [1.54, 1.807) is 30.3 Å². The first-order valence-electron chi connectivity index (χ1n) is 5.77. The highest BCUT2D eigenvalue weighted by Crippen LogP contribution is 2.34. The first-order valence-corrected chi connectivity index (χ1v) is 6.18. The Hall–Kier alpha value is -2.28. The minimum absolute atomic E-state index is 0.0436. The minimum Gasteiger partial charge on any atom is -0.453 e. The van der Waals surface area contributed by atoms with Crippen LogP contribution >= 0.6 is 12.2 Å². The largest absolute Gasteiger partial charge is 0.573 e. The molecule has 2 N–H and O–H groups in total. The highest BCUT2D eigenvalue weighted by atomic mass is 32.1.